The van der Waals surface area contributed by atoms with E-state index in [2.05, 4.69) is 6.92 Å². The molecule has 1 fully saturated rings. The second kappa shape index (κ2) is 4.09. The predicted octanol–water partition coefficient (Wildman–Crippen LogP) is 0.792. The minimum atomic E-state index is 0. The SMILES string of the molecule is C[C@@H]1COCC[C@@H]1N.Cl. The molecule has 0 spiro atoms. The number of rotatable bonds is 0. The third kappa shape index (κ3) is 2.52. The summed E-state index contributed by atoms with van der Waals surface area (Å²) in [4.78, 5) is 0. The fraction of sp³-hybridized carbons (Fsp3) is 1.00. The number of hydrogen-bond acceptors (Lipinski definition) is 2. The van der Waals surface area contributed by atoms with Crippen molar-refractivity contribution in [2.75, 3.05) is 13.2 Å². The molecular weight excluding hydrogens is 138 g/mol. The summed E-state index contributed by atoms with van der Waals surface area (Å²) >= 11 is 0. The van der Waals surface area contributed by atoms with Gasteiger partial charge in [-0.2, -0.15) is 0 Å². The second-order valence-corrected chi connectivity index (χ2v) is 2.50. The smallest absolute Gasteiger partial charge is 0.0506 e. The Bertz CT molecular complexity index is 69.5. The Hall–Kier alpha value is 0.210. The van der Waals surface area contributed by atoms with Crippen molar-refractivity contribution in [2.24, 2.45) is 11.7 Å². The van der Waals surface area contributed by atoms with Gasteiger partial charge in [-0.05, 0) is 12.3 Å². The van der Waals surface area contributed by atoms with E-state index in [0.29, 0.717) is 12.0 Å². The molecule has 1 rings (SSSR count). The van der Waals surface area contributed by atoms with E-state index in [1.807, 2.05) is 0 Å². The van der Waals surface area contributed by atoms with Crippen molar-refractivity contribution in [1.82, 2.24) is 0 Å². The van der Waals surface area contributed by atoms with Crippen LogP contribution in [0.3, 0.4) is 0 Å². The predicted molar refractivity (Wildman–Crippen MR) is 39.8 cm³/mol. The molecule has 1 aliphatic rings. The summed E-state index contributed by atoms with van der Waals surface area (Å²) in [5.74, 6) is 0.559. The van der Waals surface area contributed by atoms with Crippen LogP contribution in [0.5, 0.6) is 0 Å². The third-order valence-corrected chi connectivity index (χ3v) is 1.71. The van der Waals surface area contributed by atoms with Crippen LogP contribution in [0.1, 0.15) is 13.3 Å². The molecule has 3 heteroatoms. The minimum Gasteiger partial charge on any atom is -0.381 e. The van der Waals surface area contributed by atoms with Crippen molar-refractivity contribution in [3.8, 4) is 0 Å². The van der Waals surface area contributed by atoms with Crippen LogP contribution in [0.4, 0.5) is 0 Å². The van der Waals surface area contributed by atoms with Gasteiger partial charge in [0.25, 0.3) is 0 Å². The van der Waals surface area contributed by atoms with Crippen molar-refractivity contribution in [3.63, 3.8) is 0 Å². The maximum Gasteiger partial charge on any atom is 0.0506 e. The van der Waals surface area contributed by atoms with Crippen molar-refractivity contribution in [1.29, 1.82) is 0 Å². The second-order valence-electron chi connectivity index (χ2n) is 2.50. The molecule has 1 aliphatic heterocycles. The number of nitrogens with two attached hydrogens (primary N) is 1. The molecule has 1 heterocycles. The maximum atomic E-state index is 5.70. The Morgan fingerprint density at radius 1 is 1.56 bits per heavy atom. The molecule has 0 aromatic rings. The highest BCUT2D eigenvalue weighted by atomic mass is 35.5. The first-order valence-electron chi connectivity index (χ1n) is 3.14. The molecule has 0 saturated carbocycles. The van der Waals surface area contributed by atoms with Gasteiger partial charge < -0.3 is 10.5 Å². The van der Waals surface area contributed by atoms with Gasteiger partial charge in [0.15, 0.2) is 0 Å². The van der Waals surface area contributed by atoms with Crippen LogP contribution >= 0.6 is 12.4 Å². The van der Waals surface area contributed by atoms with Gasteiger partial charge in [-0.25, -0.2) is 0 Å². The highest BCUT2D eigenvalue weighted by Crippen LogP contribution is 2.10. The monoisotopic (exact) mass is 151 g/mol. The Morgan fingerprint density at radius 2 is 2.22 bits per heavy atom. The average molecular weight is 152 g/mol. The van der Waals surface area contributed by atoms with E-state index in [1.54, 1.807) is 0 Å². The van der Waals surface area contributed by atoms with E-state index in [9.17, 15) is 0 Å². The molecule has 0 aromatic heterocycles. The Labute approximate surface area is 62.2 Å². The van der Waals surface area contributed by atoms with Gasteiger partial charge in [0, 0.05) is 12.6 Å². The first-order chi connectivity index (χ1) is 3.80. The summed E-state index contributed by atoms with van der Waals surface area (Å²) in [7, 11) is 0. The minimum absolute atomic E-state index is 0. The van der Waals surface area contributed by atoms with E-state index in [4.69, 9.17) is 10.5 Å². The Kier molecular flexibility index (Phi) is 4.19. The molecule has 0 amide bonds. The third-order valence-electron chi connectivity index (χ3n) is 1.71. The van der Waals surface area contributed by atoms with Crippen molar-refractivity contribution in [3.05, 3.63) is 0 Å². The summed E-state index contributed by atoms with van der Waals surface area (Å²) < 4.78 is 5.17. The lowest BCUT2D eigenvalue weighted by Crippen LogP contribution is -2.36. The van der Waals surface area contributed by atoms with E-state index in [1.165, 1.54) is 0 Å². The molecule has 0 radical (unpaired) electrons. The highest BCUT2D eigenvalue weighted by molar-refractivity contribution is 5.85. The fourth-order valence-corrected chi connectivity index (χ4v) is 0.897. The van der Waals surface area contributed by atoms with E-state index >= 15 is 0 Å². The molecule has 0 unspecified atom stereocenters. The zero-order chi connectivity index (χ0) is 5.98. The lowest BCUT2D eigenvalue weighted by atomic mass is 9.99. The van der Waals surface area contributed by atoms with Gasteiger partial charge in [0.1, 0.15) is 0 Å². The Balaban J connectivity index is 0.000000640. The molecular formula is C6H14ClNO. The number of halogens is 1. The largest absolute Gasteiger partial charge is 0.381 e. The van der Waals surface area contributed by atoms with Crippen molar-refractivity contribution < 1.29 is 4.74 Å². The molecule has 2 nitrogen and oxygen atoms in total. The quantitative estimate of drug-likeness (QED) is 0.556. The normalized spacial score (nSPS) is 35.3. The zero-order valence-corrected chi connectivity index (χ0v) is 6.49. The van der Waals surface area contributed by atoms with Crippen LogP contribution < -0.4 is 5.73 Å². The van der Waals surface area contributed by atoms with E-state index in [0.717, 1.165) is 19.6 Å². The standard InChI is InChI=1S/C6H13NO.ClH/c1-5-4-8-3-2-6(5)7;/h5-6H,2-4,7H2,1H3;1H/t5-,6+;/m1./s1. The number of hydrogen-bond donors (Lipinski definition) is 1. The van der Waals surface area contributed by atoms with Gasteiger partial charge >= 0.3 is 0 Å². The first kappa shape index (κ1) is 9.21. The van der Waals surface area contributed by atoms with Crippen LogP contribution in [-0.2, 0) is 4.74 Å². The average Bonchev–Trinajstić information content (AvgIpc) is 1.77. The lowest BCUT2D eigenvalue weighted by Gasteiger charge is -2.24. The molecule has 0 aromatic carbocycles. The van der Waals surface area contributed by atoms with Gasteiger partial charge in [0.05, 0.1) is 6.61 Å². The van der Waals surface area contributed by atoms with Gasteiger partial charge in [0.2, 0.25) is 0 Å². The molecule has 1 saturated heterocycles. The first-order valence-corrected chi connectivity index (χ1v) is 3.14. The summed E-state index contributed by atoms with van der Waals surface area (Å²) in [6, 6.07) is 0.378. The lowest BCUT2D eigenvalue weighted by molar-refractivity contribution is 0.0491. The highest BCUT2D eigenvalue weighted by Gasteiger charge is 2.16. The molecule has 0 bridgehead atoms. The molecule has 2 N–H and O–H groups in total. The Morgan fingerprint density at radius 3 is 2.56 bits per heavy atom. The topological polar surface area (TPSA) is 35.2 Å². The number of ether oxygens (including phenoxy) is 1. The zero-order valence-electron chi connectivity index (χ0n) is 5.67. The molecule has 0 aliphatic carbocycles. The molecule has 56 valence electrons. The van der Waals surface area contributed by atoms with Crippen LogP contribution in [0, 0.1) is 5.92 Å². The summed E-state index contributed by atoms with van der Waals surface area (Å²) in [5, 5.41) is 0. The van der Waals surface area contributed by atoms with Gasteiger partial charge in [-0.3, -0.25) is 0 Å². The van der Waals surface area contributed by atoms with Gasteiger partial charge in [-0.1, -0.05) is 6.92 Å². The summed E-state index contributed by atoms with van der Waals surface area (Å²) in [5.41, 5.74) is 5.70. The summed E-state index contributed by atoms with van der Waals surface area (Å²) in [6.45, 7) is 3.83. The van der Waals surface area contributed by atoms with Crippen LogP contribution in [0.15, 0.2) is 0 Å². The van der Waals surface area contributed by atoms with Crippen LogP contribution in [-0.4, -0.2) is 19.3 Å². The fourth-order valence-electron chi connectivity index (χ4n) is 0.897. The molecule has 2 atom stereocenters. The van der Waals surface area contributed by atoms with Crippen molar-refractivity contribution in [2.45, 2.75) is 19.4 Å². The van der Waals surface area contributed by atoms with Gasteiger partial charge in [-0.15, -0.1) is 12.4 Å². The molecule has 9 heavy (non-hydrogen) atoms. The van der Waals surface area contributed by atoms with Crippen LogP contribution in [0.2, 0.25) is 0 Å². The van der Waals surface area contributed by atoms with Crippen molar-refractivity contribution >= 4 is 12.4 Å². The summed E-state index contributed by atoms with van der Waals surface area (Å²) in [6.07, 6.45) is 1.03. The van der Waals surface area contributed by atoms with Crippen LogP contribution in [0.25, 0.3) is 0 Å². The maximum absolute atomic E-state index is 5.70. The van der Waals surface area contributed by atoms with E-state index in [-0.39, 0.29) is 12.4 Å². The van der Waals surface area contributed by atoms with E-state index < -0.39 is 0 Å².